The summed E-state index contributed by atoms with van der Waals surface area (Å²) in [6.07, 6.45) is -4.23. The molecule has 0 heterocycles. The number of rotatable bonds is 4. The topological polar surface area (TPSA) is 32.3 Å². The van der Waals surface area contributed by atoms with E-state index in [1.807, 2.05) is 0 Å². The lowest BCUT2D eigenvalue weighted by Gasteiger charge is -2.12. The van der Waals surface area contributed by atoms with Crippen molar-refractivity contribution in [3.63, 3.8) is 0 Å². The van der Waals surface area contributed by atoms with Gasteiger partial charge in [0, 0.05) is 16.7 Å². The Labute approximate surface area is 106 Å². The van der Waals surface area contributed by atoms with Gasteiger partial charge in [0.2, 0.25) is 0 Å². The van der Waals surface area contributed by atoms with Gasteiger partial charge in [0.15, 0.2) is 0 Å². The maximum atomic E-state index is 12.4. The second-order valence-corrected chi connectivity index (χ2v) is 4.61. The van der Waals surface area contributed by atoms with Crippen LogP contribution in [0.2, 0.25) is 0 Å². The minimum atomic E-state index is -4.33. The van der Waals surface area contributed by atoms with Gasteiger partial charge in [-0.15, -0.1) is 0 Å². The summed E-state index contributed by atoms with van der Waals surface area (Å²) in [5.41, 5.74) is -0.107. The maximum absolute atomic E-state index is 12.4. The van der Waals surface area contributed by atoms with Crippen molar-refractivity contribution >= 4 is 21.6 Å². The Morgan fingerprint density at radius 3 is 2.53 bits per heavy atom. The van der Waals surface area contributed by atoms with Gasteiger partial charge in [0.1, 0.15) is 0 Å². The molecule has 2 N–H and O–H groups in total. The number of hydrogen-bond acceptors (Lipinski definition) is 2. The fourth-order valence-corrected chi connectivity index (χ4v) is 1.77. The molecule has 1 atom stereocenters. The third-order valence-electron chi connectivity index (χ3n) is 2.17. The minimum Gasteiger partial charge on any atom is -0.393 e. The lowest BCUT2D eigenvalue weighted by atomic mass is 10.2. The van der Waals surface area contributed by atoms with Crippen LogP contribution in [-0.4, -0.2) is 17.8 Å². The predicted octanol–water partition coefficient (Wildman–Crippen LogP) is 3.65. The number of hydrogen-bond donors (Lipinski definition) is 2. The monoisotopic (exact) mass is 311 g/mol. The SMILES string of the molecule is CC(O)CCNc1ccc(C(F)(F)F)cc1Br. The molecule has 0 aliphatic heterocycles. The second-order valence-electron chi connectivity index (χ2n) is 3.76. The first-order chi connectivity index (χ1) is 7.80. The number of nitrogens with one attached hydrogen (secondary N) is 1. The highest BCUT2D eigenvalue weighted by Crippen LogP contribution is 2.33. The van der Waals surface area contributed by atoms with Crippen LogP contribution in [0.25, 0.3) is 0 Å². The Morgan fingerprint density at radius 1 is 1.41 bits per heavy atom. The van der Waals surface area contributed by atoms with Gasteiger partial charge in [-0.25, -0.2) is 0 Å². The summed E-state index contributed by atoms with van der Waals surface area (Å²) in [6, 6.07) is 3.43. The molecule has 1 aromatic rings. The molecule has 1 aromatic carbocycles. The van der Waals surface area contributed by atoms with Crippen molar-refractivity contribution < 1.29 is 18.3 Å². The first kappa shape index (κ1) is 14.3. The normalized spacial score (nSPS) is 13.5. The number of alkyl halides is 3. The Bertz CT molecular complexity index is 379. The Morgan fingerprint density at radius 2 is 2.06 bits per heavy atom. The van der Waals surface area contributed by atoms with E-state index in [0.29, 0.717) is 23.1 Å². The van der Waals surface area contributed by atoms with E-state index < -0.39 is 17.8 Å². The molecule has 1 unspecified atom stereocenters. The Hall–Kier alpha value is -0.750. The Balaban J connectivity index is 2.70. The van der Waals surface area contributed by atoms with Crippen molar-refractivity contribution in [2.75, 3.05) is 11.9 Å². The first-order valence-corrected chi connectivity index (χ1v) is 5.88. The molecule has 0 spiro atoms. The summed E-state index contributed by atoms with van der Waals surface area (Å²) in [6.45, 7) is 2.16. The van der Waals surface area contributed by atoms with Gasteiger partial charge in [-0.05, 0) is 47.5 Å². The molecule has 0 bridgehead atoms. The van der Waals surface area contributed by atoms with Crippen LogP contribution in [0.1, 0.15) is 18.9 Å². The zero-order valence-electron chi connectivity index (χ0n) is 9.18. The van der Waals surface area contributed by atoms with Crippen molar-refractivity contribution in [1.82, 2.24) is 0 Å². The quantitative estimate of drug-likeness (QED) is 0.889. The molecule has 0 radical (unpaired) electrons. The average Bonchev–Trinajstić information content (AvgIpc) is 2.18. The van der Waals surface area contributed by atoms with E-state index in [1.165, 1.54) is 6.07 Å². The fraction of sp³-hybridized carbons (Fsp3) is 0.455. The molecule has 17 heavy (non-hydrogen) atoms. The predicted molar refractivity (Wildman–Crippen MR) is 63.9 cm³/mol. The third-order valence-corrected chi connectivity index (χ3v) is 2.83. The standard InChI is InChI=1S/C11H13BrF3NO/c1-7(17)4-5-16-10-3-2-8(6-9(10)12)11(13,14)15/h2-3,6-7,16-17H,4-5H2,1H3. The summed E-state index contributed by atoms with van der Waals surface area (Å²) in [5, 5.41) is 12.0. The summed E-state index contributed by atoms with van der Waals surface area (Å²) in [5.74, 6) is 0. The zero-order chi connectivity index (χ0) is 13.1. The largest absolute Gasteiger partial charge is 0.416 e. The number of aliphatic hydroxyl groups excluding tert-OH is 1. The molecule has 2 nitrogen and oxygen atoms in total. The Kier molecular flexibility index (Phi) is 4.82. The van der Waals surface area contributed by atoms with E-state index in [2.05, 4.69) is 21.2 Å². The van der Waals surface area contributed by atoms with Crippen molar-refractivity contribution in [2.45, 2.75) is 25.6 Å². The van der Waals surface area contributed by atoms with Crippen LogP contribution in [0.15, 0.2) is 22.7 Å². The van der Waals surface area contributed by atoms with Crippen LogP contribution in [0.4, 0.5) is 18.9 Å². The number of anilines is 1. The van der Waals surface area contributed by atoms with Gasteiger partial charge < -0.3 is 10.4 Å². The molecule has 0 saturated carbocycles. The van der Waals surface area contributed by atoms with E-state index >= 15 is 0 Å². The summed E-state index contributed by atoms with van der Waals surface area (Å²) >= 11 is 3.08. The summed E-state index contributed by atoms with van der Waals surface area (Å²) in [7, 11) is 0. The van der Waals surface area contributed by atoms with E-state index in [9.17, 15) is 13.2 Å². The van der Waals surface area contributed by atoms with Gasteiger partial charge >= 0.3 is 6.18 Å². The van der Waals surface area contributed by atoms with Crippen molar-refractivity contribution in [3.05, 3.63) is 28.2 Å². The van der Waals surface area contributed by atoms with Crippen LogP contribution in [0.5, 0.6) is 0 Å². The van der Waals surface area contributed by atoms with Crippen LogP contribution >= 0.6 is 15.9 Å². The highest BCUT2D eigenvalue weighted by Gasteiger charge is 2.30. The molecular formula is C11H13BrF3NO. The molecule has 0 amide bonds. The fourth-order valence-electron chi connectivity index (χ4n) is 1.25. The van der Waals surface area contributed by atoms with Crippen LogP contribution in [0.3, 0.4) is 0 Å². The van der Waals surface area contributed by atoms with Crippen molar-refractivity contribution in [2.24, 2.45) is 0 Å². The molecule has 0 fully saturated rings. The molecule has 0 saturated heterocycles. The molecule has 0 aliphatic carbocycles. The first-order valence-electron chi connectivity index (χ1n) is 5.09. The maximum Gasteiger partial charge on any atom is 0.416 e. The summed E-state index contributed by atoms with van der Waals surface area (Å²) in [4.78, 5) is 0. The third kappa shape index (κ3) is 4.55. The number of aliphatic hydroxyl groups is 1. The average molecular weight is 312 g/mol. The molecule has 0 aliphatic rings. The number of benzene rings is 1. The summed E-state index contributed by atoms with van der Waals surface area (Å²) < 4.78 is 37.5. The van der Waals surface area contributed by atoms with Gasteiger partial charge in [0.25, 0.3) is 0 Å². The zero-order valence-corrected chi connectivity index (χ0v) is 10.8. The van der Waals surface area contributed by atoms with Gasteiger partial charge in [-0.3, -0.25) is 0 Å². The number of halogens is 4. The molecule has 96 valence electrons. The van der Waals surface area contributed by atoms with E-state index in [4.69, 9.17) is 5.11 Å². The van der Waals surface area contributed by atoms with E-state index in [0.717, 1.165) is 12.1 Å². The second kappa shape index (κ2) is 5.73. The van der Waals surface area contributed by atoms with E-state index in [1.54, 1.807) is 6.92 Å². The van der Waals surface area contributed by atoms with Crippen molar-refractivity contribution in [3.8, 4) is 0 Å². The lowest BCUT2D eigenvalue weighted by molar-refractivity contribution is -0.137. The van der Waals surface area contributed by atoms with Gasteiger partial charge in [0.05, 0.1) is 11.7 Å². The van der Waals surface area contributed by atoms with Crippen LogP contribution in [0, 0.1) is 0 Å². The van der Waals surface area contributed by atoms with E-state index in [-0.39, 0.29) is 0 Å². The van der Waals surface area contributed by atoms with Crippen LogP contribution in [-0.2, 0) is 6.18 Å². The molecule has 6 heteroatoms. The highest BCUT2D eigenvalue weighted by molar-refractivity contribution is 9.10. The van der Waals surface area contributed by atoms with Crippen LogP contribution < -0.4 is 5.32 Å². The molecule has 1 rings (SSSR count). The minimum absolute atomic E-state index is 0.359. The van der Waals surface area contributed by atoms with Gasteiger partial charge in [-0.1, -0.05) is 0 Å². The highest BCUT2D eigenvalue weighted by atomic mass is 79.9. The molecule has 0 aromatic heterocycles. The smallest absolute Gasteiger partial charge is 0.393 e. The molecular weight excluding hydrogens is 299 g/mol. The lowest BCUT2D eigenvalue weighted by Crippen LogP contribution is -2.10. The van der Waals surface area contributed by atoms with Crippen molar-refractivity contribution in [1.29, 1.82) is 0 Å². The van der Waals surface area contributed by atoms with Gasteiger partial charge in [-0.2, -0.15) is 13.2 Å².